The quantitative estimate of drug-likeness (QED) is 0.737. The van der Waals surface area contributed by atoms with Crippen LogP contribution in [-0.4, -0.2) is 31.2 Å². The predicted molar refractivity (Wildman–Crippen MR) is 87.1 cm³/mol. The smallest absolute Gasteiger partial charge is 0.318 e. The first-order chi connectivity index (χ1) is 11.1. The molecular weight excluding hydrogens is 297 g/mol. The molecule has 3 aromatic rings. The van der Waals surface area contributed by atoms with Crippen LogP contribution in [0.1, 0.15) is 0 Å². The van der Waals surface area contributed by atoms with E-state index in [0.717, 1.165) is 10.9 Å². The van der Waals surface area contributed by atoms with Gasteiger partial charge < -0.3 is 14.4 Å². The van der Waals surface area contributed by atoms with Crippen LogP contribution in [0.15, 0.2) is 42.5 Å². The van der Waals surface area contributed by atoms with Crippen molar-refractivity contribution < 1.29 is 13.9 Å². The van der Waals surface area contributed by atoms with Crippen molar-refractivity contribution in [2.45, 2.75) is 0 Å². The van der Waals surface area contributed by atoms with Gasteiger partial charge in [0.1, 0.15) is 5.82 Å². The van der Waals surface area contributed by atoms with E-state index in [1.54, 1.807) is 17.0 Å². The molecule has 0 aliphatic heterocycles. The van der Waals surface area contributed by atoms with Crippen molar-refractivity contribution in [1.82, 2.24) is 9.97 Å². The van der Waals surface area contributed by atoms with Gasteiger partial charge in [-0.2, -0.15) is 9.97 Å². The molecule has 23 heavy (non-hydrogen) atoms. The molecule has 0 aliphatic rings. The predicted octanol–water partition coefficient (Wildman–Crippen LogP) is 3.55. The lowest BCUT2D eigenvalue weighted by molar-refractivity contribution is 0.382. The molecule has 2 aromatic carbocycles. The topological polar surface area (TPSA) is 47.5 Å². The third kappa shape index (κ3) is 2.75. The van der Waals surface area contributed by atoms with Crippen molar-refractivity contribution in [2.24, 2.45) is 0 Å². The van der Waals surface area contributed by atoms with E-state index in [9.17, 15) is 4.39 Å². The molecule has 0 unspecified atom stereocenters. The normalized spacial score (nSPS) is 10.6. The molecule has 5 nitrogen and oxygen atoms in total. The Morgan fingerprint density at radius 2 is 1.78 bits per heavy atom. The van der Waals surface area contributed by atoms with Crippen LogP contribution in [0.5, 0.6) is 11.8 Å². The Balaban J connectivity index is 2.13. The Morgan fingerprint density at radius 3 is 2.48 bits per heavy atom. The zero-order chi connectivity index (χ0) is 16.4. The standard InChI is InChI=1S/C17H16FN3O2/c1-21(11-8-9-15(22-2)13(18)10-11)16-12-6-4-5-7-14(12)19-17(20-16)23-3/h4-10H,1-3H3. The fraction of sp³-hybridized carbons (Fsp3) is 0.176. The van der Waals surface area contributed by atoms with Crippen LogP contribution in [0.3, 0.4) is 0 Å². The Labute approximate surface area is 133 Å². The minimum atomic E-state index is -0.429. The molecule has 1 heterocycles. The molecule has 0 amide bonds. The van der Waals surface area contributed by atoms with Gasteiger partial charge in [0.25, 0.3) is 0 Å². The molecule has 0 N–H and O–H groups in total. The van der Waals surface area contributed by atoms with Crippen molar-refractivity contribution in [1.29, 1.82) is 0 Å². The van der Waals surface area contributed by atoms with Crippen LogP contribution in [0, 0.1) is 5.82 Å². The summed E-state index contributed by atoms with van der Waals surface area (Å²) in [6, 6.07) is 12.6. The number of methoxy groups -OCH3 is 2. The Kier molecular flexibility index (Phi) is 3.97. The summed E-state index contributed by atoms with van der Waals surface area (Å²) in [4.78, 5) is 10.5. The molecule has 0 saturated carbocycles. The average Bonchev–Trinajstić information content (AvgIpc) is 2.60. The van der Waals surface area contributed by atoms with Gasteiger partial charge in [0.05, 0.1) is 19.7 Å². The molecule has 0 fully saturated rings. The Hall–Kier alpha value is -2.89. The molecule has 0 spiro atoms. The van der Waals surface area contributed by atoms with Crippen LogP contribution in [0.4, 0.5) is 15.9 Å². The zero-order valence-corrected chi connectivity index (χ0v) is 13.1. The largest absolute Gasteiger partial charge is 0.494 e. The number of halogens is 1. The van der Waals surface area contributed by atoms with Gasteiger partial charge in [-0.15, -0.1) is 0 Å². The molecule has 118 valence electrons. The van der Waals surface area contributed by atoms with Gasteiger partial charge in [0, 0.05) is 24.2 Å². The van der Waals surface area contributed by atoms with E-state index in [0.29, 0.717) is 11.5 Å². The maximum atomic E-state index is 14.0. The van der Waals surface area contributed by atoms with E-state index in [4.69, 9.17) is 9.47 Å². The number of nitrogens with zero attached hydrogens (tertiary/aromatic N) is 3. The number of anilines is 2. The van der Waals surface area contributed by atoms with Gasteiger partial charge in [-0.3, -0.25) is 0 Å². The highest BCUT2D eigenvalue weighted by atomic mass is 19.1. The first-order valence-corrected chi connectivity index (χ1v) is 7.02. The number of benzene rings is 2. The molecule has 0 atom stereocenters. The van der Waals surface area contributed by atoms with Gasteiger partial charge in [-0.25, -0.2) is 4.39 Å². The summed E-state index contributed by atoms with van der Waals surface area (Å²) >= 11 is 0. The van der Waals surface area contributed by atoms with Crippen molar-refractivity contribution in [3.05, 3.63) is 48.3 Å². The highest BCUT2D eigenvalue weighted by Gasteiger charge is 2.15. The van der Waals surface area contributed by atoms with Gasteiger partial charge in [0.15, 0.2) is 11.6 Å². The summed E-state index contributed by atoms with van der Waals surface area (Å²) < 4.78 is 24.1. The first-order valence-electron chi connectivity index (χ1n) is 7.02. The highest BCUT2D eigenvalue weighted by Crippen LogP contribution is 2.32. The molecule has 0 saturated heterocycles. The molecule has 3 rings (SSSR count). The number of rotatable bonds is 4. The van der Waals surface area contributed by atoms with Crippen LogP contribution < -0.4 is 14.4 Å². The van der Waals surface area contributed by atoms with E-state index in [1.165, 1.54) is 20.3 Å². The van der Waals surface area contributed by atoms with Gasteiger partial charge in [-0.05, 0) is 24.3 Å². The second kappa shape index (κ2) is 6.08. The molecule has 1 aromatic heterocycles. The van der Waals surface area contributed by atoms with E-state index in [2.05, 4.69) is 9.97 Å². The van der Waals surface area contributed by atoms with Gasteiger partial charge in [0.2, 0.25) is 0 Å². The molecule has 0 bridgehead atoms. The number of ether oxygens (including phenoxy) is 2. The van der Waals surface area contributed by atoms with Crippen LogP contribution in [0.2, 0.25) is 0 Å². The second-order valence-electron chi connectivity index (χ2n) is 4.93. The molecule has 6 heteroatoms. The van der Waals surface area contributed by atoms with E-state index in [1.807, 2.05) is 31.3 Å². The summed E-state index contributed by atoms with van der Waals surface area (Å²) in [7, 11) is 4.76. The fourth-order valence-electron chi connectivity index (χ4n) is 2.37. The lowest BCUT2D eigenvalue weighted by atomic mass is 10.2. The van der Waals surface area contributed by atoms with Crippen LogP contribution >= 0.6 is 0 Å². The zero-order valence-electron chi connectivity index (χ0n) is 13.1. The molecule has 0 radical (unpaired) electrons. The number of para-hydroxylation sites is 1. The Morgan fingerprint density at radius 1 is 1.00 bits per heavy atom. The summed E-state index contributed by atoms with van der Waals surface area (Å²) in [6.07, 6.45) is 0. The lowest BCUT2D eigenvalue weighted by Crippen LogP contribution is -2.13. The third-order valence-electron chi connectivity index (χ3n) is 3.59. The molecule has 0 aliphatic carbocycles. The van der Waals surface area contributed by atoms with E-state index >= 15 is 0 Å². The van der Waals surface area contributed by atoms with Crippen molar-refractivity contribution in [3.63, 3.8) is 0 Å². The van der Waals surface area contributed by atoms with E-state index < -0.39 is 5.82 Å². The van der Waals surface area contributed by atoms with Gasteiger partial charge >= 0.3 is 6.01 Å². The van der Waals surface area contributed by atoms with Crippen molar-refractivity contribution >= 4 is 22.4 Å². The minimum absolute atomic E-state index is 0.201. The van der Waals surface area contributed by atoms with Crippen molar-refractivity contribution in [2.75, 3.05) is 26.2 Å². The fourth-order valence-corrected chi connectivity index (χ4v) is 2.37. The summed E-state index contributed by atoms with van der Waals surface area (Å²) in [5.74, 6) is 0.409. The first kappa shape index (κ1) is 15.0. The number of fused-ring (bicyclic) bond motifs is 1. The minimum Gasteiger partial charge on any atom is -0.494 e. The summed E-state index contributed by atoms with van der Waals surface area (Å²) in [5.41, 5.74) is 1.41. The Bertz CT molecular complexity index is 854. The monoisotopic (exact) mass is 313 g/mol. The van der Waals surface area contributed by atoms with Crippen LogP contribution in [0.25, 0.3) is 10.9 Å². The summed E-state index contributed by atoms with van der Waals surface area (Å²) in [6.45, 7) is 0. The highest BCUT2D eigenvalue weighted by molar-refractivity contribution is 5.91. The van der Waals surface area contributed by atoms with Gasteiger partial charge in [-0.1, -0.05) is 12.1 Å². The molecular formula is C17H16FN3O2. The second-order valence-corrected chi connectivity index (χ2v) is 4.93. The van der Waals surface area contributed by atoms with Crippen LogP contribution in [-0.2, 0) is 0 Å². The maximum absolute atomic E-state index is 14.0. The number of hydrogen-bond donors (Lipinski definition) is 0. The lowest BCUT2D eigenvalue weighted by Gasteiger charge is -2.21. The van der Waals surface area contributed by atoms with E-state index in [-0.39, 0.29) is 11.8 Å². The summed E-state index contributed by atoms with van der Waals surface area (Å²) in [5, 5.41) is 0.854. The van der Waals surface area contributed by atoms with Crippen molar-refractivity contribution in [3.8, 4) is 11.8 Å². The maximum Gasteiger partial charge on any atom is 0.318 e. The number of aromatic nitrogens is 2. The number of hydrogen-bond acceptors (Lipinski definition) is 5. The SMILES string of the molecule is COc1nc(N(C)c2ccc(OC)c(F)c2)c2ccccc2n1. The third-order valence-corrected chi connectivity index (χ3v) is 3.59. The average molecular weight is 313 g/mol.